The van der Waals surface area contributed by atoms with Crippen LogP contribution in [0.5, 0.6) is 5.75 Å². The SMILES string of the molecule is CN(C)CCCOc1ccc(NC(=O)C2CCCCC2C(=O)N2CCCC2)cc1. The zero-order valence-electron chi connectivity index (χ0n) is 17.9. The maximum Gasteiger partial charge on any atom is 0.228 e. The molecule has 1 aromatic carbocycles. The molecular formula is C23H35N3O3. The predicted molar refractivity (Wildman–Crippen MR) is 115 cm³/mol. The number of anilines is 1. The van der Waals surface area contributed by atoms with Gasteiger partial charge in [-0.2, -0.15) is 0 Å². The number of rotatable bonds is 8. The summed E-state index contributed by atoms with van der Waals surface area (Å²) in [6.45, 7) is 3.36. The summed E-state index contributed by atoms with van der Waals surface area (Å²) in [5, 5.41) is 3.02. The van der Waals surface area contributed by atoms with Gasteiger partial charge in [0.25, 0.3) is 0 Å². The number of nitrogens with zero attached hydrogens (tertiary/aromatic N) is 2. The molecule has 1 aliphatic carbocycles. The third-order valence-electron chi connectivity index (χ3n) is 5.98. The van der Waals surface area contributed by atoms with E-state index in [1.54, 1.807) is 0 Å². The van der Waals surface area contributed by atoms with E-state index < -0.39 is 0 Å². The summed E-state index contributed by atoms with van der Waals surface area (Å²) in [4.78, 5) is 29.9. The van der Waals surface area contributed by atoms with Crippen LogP contribution in [0.2, 0.25) is 0 Å². The van der Waals surface area contributed by atoms with E-state index in [0.29, 0.717) is 6.61 Å². The average molecular weight is 402 g/mol. The first-order chi connectivity index (χ1) is 14.0. The van der Waals surface area contributed by atoms with Crippen LogP contribution in [-0.2, 0) is 9.59 Å². The molecule has 1 heterocycles. The molecule has 3 rings (SSSR count). The maximum absolute atomic E-state index is 12.9. The minimum atomic E-state index is -0.223. The molecule has 1 aromatic rings. The summed E-state index contributed by atoms with van der Waals surface area (Å²) in [6, 6.07) is 7.52. The predicted octanol–water partition coefficient (Wildman–Crippen LogP) is 3.38. The van der Waals surface area contributed by atoms with E-state index in [2.05, 4.69) is 10.2 Å². The van der Waals surface area contributed by atoms with Crippen molar-refractivity contribution in [3.05, 3.63) is 24.3 Å². The summed E-state index contributed by atoms with van der Waals surface area (Å²) in [7, 11) is 4.10. The maximum atomic E-state index is 12.9. The van der Waals surface area contributed by atoms with Gasteiger partial charge in [-0.3, -0.25) is 9.59 Å². The fraction of sp³-hybridized carbons (Fsp3) is 0.652. The highest BCUT2D eigenvalue weighted by atomic mass is 16.5. The van der Waals surface area contributed by atoms with Crippen molar-refractivity contribution in [1.29, 1.82) is 0 Å². The van der Waals surface area contributed by atoms with E-state index in [4.69, 9.17) is 4.74 Å². The third-order valence-corrected chi connectivity index (χ3v) is 5.98. The lowest BCUT2D eigenvalue weighted by atomic mass is 9.77. The van der Waals surface area contributed by atoms with Gasteiger partial charge in [0, 0.05) is 37.2 Å². The lowest BCUT2D eigenvalue weighted by molar-refractivity contribution is -0.141. The normalized spacial score (nSPS) is 22.0. The largest absolute Gasteiger partial charge is 0.494 e. The molecular weight excluding hydrogens is 366 g/mol. The Morgan fingerprint density at radius 2 is 1.69 bits per heavy atom. The Morgan fingerprint density at radius 3 is 2.34 bits per heavy atom. The molecule has 2 amide bonds. The molecule has 2 fully saturated rings. The molecule has 6 heteroatoms. The van der Waals surface area contributed by atoms with Crippen molar-refractivity contribution < 1.29 is 14.3 Å². The van der Waals surface area contributed by atoms with Crippen molar-refractivity contribution in [1.82, 2.24) is 9.80 Å². The Bertz CT molecular complexity index is 668. The summed E-state index contributed by atoms with van der Waals surface area (Å²) in [6.07, 6.45) is 6.81. The van der Waals surface area contributed by atoms with E-state index in [1.165, 1.54) is 0 Å². The first kappa shape index (κ1) is 21.6. The van der Waals surface area contributed by atoms with Gasteiger partial charge in [-0.1, -0.05) is 12.8 Å². The van der Waals surface area contributed by atoms with Crippen LogP contribution in [0, 0.1) is 11.8 Å². The van der Waals surface area contributed by atoms with Crippen LogP contribution in [0.4, 0.5) is 5.69 Å². The molecule has 0 radical (unpaired) electrons. The average Bonchev–Trinajstić information content (AvgIpc) is 3.26. The van der Waals surface area contributed by atoms with Gasteiger partial charge in [-0.15, -0.1) is 0 Å². The van der Waals surface area contributed by atoms with Crippen molar-refractivity contribution >= 4 is 17.5 Å². The Morgan fingerprint density at radius 1 is 1.03 bits per heavy atom. The zero-order valence-corrected chi connectivity index (χ0v) is 17.9. The molecule has 0 bridgehead atoms. The van der Waals surface area contributed by atoms with Gasteiger partial charge in [-0.25, -0.2) is 0 Å². The quantitative estimate of drug-likeness (QED) is 0.679. The Hall–Kier alpha value is -2.08. The molecule has 6 nitrogen and oxygen atoms in total. The third kappa shape index (κ3) is 6.20. The second-order valence-corrected chi connectivity index (χ2v) is 8.55. The van der Waals surface area contributed by atoms with Crippen molar-refractivity contribution in [3.63, 3.8) is 0 Å². The summed E-state index contributed by atoms with van der Waals surface area (Å²) >= 11 is 0. The number of ether oxygens (including phenoxy) is 1. The smallest absolute Gasteiger partial charge is 0.228 e. The minimum Gasteiger partial charge on any atom is -0.494 e. The van der Waals surface area contributed by atoms with E-state index in [0.717, 1.165) is 76.0 Å². The second-order valence-electron chi connectivity index (χ2n) is 8.55. The van der Waals surface area contributed by atoms with Crippen molar-refractivity contribution in [2.24, 2.45) is 11.8 Å². The minimum absolute atomic E-state index is 0.0260. The lowest BCUT2D eigenvalue weighted by Crippen LogP contribution is -2.42. The van der Waals surface area contributed by atoms with Crippen LogP contribution < -0.4 is 10.1 Å². The molecule has 1 N–H and O–H groups in total. The van der Waals surface area contributed by atoms with E-state index in [-0.39, 0.29) is 23.7 Å². The van der Waals surface area contributed by atoms with Crippen LogP contribution in [0.15, 0.2) is 24.3 Å². The van der Waals surface area contributed by atoms with Gasteiger partial charge >= 0.3 is 0 Å². The molecule has 1 saturated heterocycles. The van der Waals surface area contributed by atoms with Crippen molar-refractivity contribution in [2.45, 2.75) is 44.9 Å². The molecule has 1 saturated carbocycles. The van der Waals surface area contributed by atoms with Gasteiger partial charge in [0.15, 0.2) is 0 Å². The fourth-order valence-corrected chi connectivity index (χ4v) is 4.35. The number of hydrogen-bond donors (Lipinski definition) is 1. The van der Waals surface area contributed by atoms with Gasteiger partial charge in [0.05, 0.1) is 6.61 Å². The fourth-order valence-electron chi connectivity index (χ4n) is 4.35. The van der Waals surface area contributed by atoms with Gasteiger partial charge in [-0.05, 0) is 70.5 Å². The van der Waals surface area contributed by atoms with E-state index in [1.807, 2.05) is 43.3 Å². The zero-order chi connectivity index (χ0) is 20.6. The molecule has 1 aliphatic heterocycles. The number of carbonyl (C=O) groups is 2. The van der Waals surface area contributed by atoms with Gasteiger partial charge in [0.1, 0.15) is 5.75 Å². The molecule has 0 aromatic heterocycles. The topological polar surface area (TPSA) is 61.9 Å². The standard InChI is InChI=1S/C23H35N3O3/c1-25(2)14-7-17-29-19-12-10-18(11-13-19)24-22(27)20-8-3-4-9-21(20)23(28)26-15-5-6-16-26/h10-13,20-21H,3-9,14-17H2,1-2H3,(H,24,27). The Labute approximate surface area is 174 Å². The van der Waals surface area contributed by atoms with Gasteiger partial charge in [0.2, 0.25) is 11.8 Å². The van der Waals surface area contributed by atoms with Gasteiger partial charge < -0.3 is 19.9 Å². The monoisotopic (exact) mass is 401 g/mol. The van der Waals surface area contributed by atoms with E-state index in [9.17, 15) is 9.59 Å². The first-order valence-corrected chi connectivity index (χ1v) is 11.0. The second kappa shape index (κ2) is 10.6. The van der Waals surface area contributed by atoms with Crippen LogP contribution in [0.3, 0.4) is 0 Å². The molecule has 2 unspecified atom stereocenters. The highest BCUT2D eigenvalue weighted by molar-refractivity contribution is 5.96. The Kier molecular flexibility index (Phi) is 7.92. The number of carbonyl (C=O) groups excluding carboxylic acids is 2. The van der Waals surface area contributed by atoms with Crippen molar-refractivity contribution in [2.75, 3.05) is 45.7 Å². The number of hydrogen-bond acceptors (Lipinski definition) is 4. The first-order valence-electron chi connectivity index (χ1n) is 11.0. The highest BCUT2D eigenvalue weighted by Crippen LogP contribution is 2.33. The van der Waals surface area contributed by atoms with Crippen LogP contribution in [0.1, 0.15) is 44.9 Å². The summed E-state index contributed by atoms with van der Waals surface area (Å²) < 4.78 is 5.75. The lowest BCUT2D eigenvalue weighted by Gasteiger charge is -2.32. The number of nitrogens with one attached hydrogen (secondary N) is 1. The number of amides is 2. The van der Waals surface area contributed by atoms with Crippen molar-refractivity contribution in [3.8, 4) is 5.75 Å². The Balaban J connectivity index is 1.53. The van der Waals surface area contributed by atoms with Crippen LogP contribution >= 0.6 is 0 Å². The van der Waals surface area contributed by atoms with Crippen LogP contribution in [-0.4, -0.2) is 62.0 Å². The molecule has 0 spiro atoms. The number of benzene rings is 1. The molecule has 2 aliphatic rings. The summed E-state index contributed by atoms with van der Waals surface area (Å²) in [5.41, 5.74) is 0.758. The summed E-state index contributed by atoms with van der Waals surface area (Å²) in [5.74, 6) is 0.576. The van der Waals surface area contributed by atoms with E-state index >= 15 is 0 Å². The molecule has 160 valence electrons. The highest BCUT2D eigenvalue weighted by Gasteiger charge is 2.38. The molecule has 2 atom stereocenters. The molecule has 29 heavy (non-hydrogen) atoms. The van der Waals surface area contributed by atoms with Crippen LogP contribution in [0.25, 0.3) is 0 Å². The number of likely N-dealkylation sites (tertiary alicyclic amines) is 1.